The molecule has 3 saturated heterocycles. The van der Waals surface area contributed by atoms with Crippen LogP contribution in [-0.2, 0) is 19.1 Å². The fourth-order valence-electron chi connectivity index (χ4n) is 4.68. The van der Waals surface area contributed by atoms with E-state index in [0.717, 1.165) is 19.3 Å². The van der Waals surface area contributed by atoms with Crippen molar-refractivity contribution >= 4 is 35.1 Å². The standard InChI is InChI=1S/C20H33ClN2O6S/c1-4-10-5-6-28-17-11(7-10)8-22-13(17)19(27)23-12(9(2)21)18-15(25)14(24)16(26)20(29-18)30-3/h9-14,16-18,20,22,24,26H,4-8H2,1-3H3,(H,23,27)/t9-,10+,11-,12+,13-,14?,16+,17+,18+,20?/m0/s1. The number of carbonyl (C=O) groups excluding carboxylic acids is 2. The average Bonchev–Trinajstić information content (AvgIpc) is 3.00. The zero-order valence-electron chi connectivity index (χ0n) is 17.6. The van der Waals surface area contributed by atoms with Crippen LogP contribution in [0, 0.1) is 11.8 Å². The zero-order valence-corrected chi connectivity index (χ0v) is 19.2. The molecule has 0 radical (unpaired) electrons. The summed E-state index contributed by atoms with van der Waals surface area (Å²) in [7, 11) is 0. The largest absolute Gasteiger partial charge is 0.386 e. The third-order valence-corrected chi connectivity index (χ3v) is 7.67. The van der Waals surface area contributed by atoms with Crippen molar-refractivity contribution in [3.63, 3.8) is 0 Å². The van der Waals surface area contributed by atoms with Crippen molar-refractivity contribution in [2.24, 2.45) is 11.8 Å². The van der Waals surface area contributed by atoms with Crippen LogP contribution in [0.25, 0.3) is 0 Å². The minimum atomic E-state index is -1.58. The number of fused-ring (bicyclic) bond motifs is 1. The number of hydrogen-bond acceptors (Lipinski definition) is 8. The van der Waals surface area contributed by atoms with E-state index in [1.54, 1.807) is 13.2 Å². The van der Waals surface area contributed by atoms with Crippen molar-refractivity contribution in [3.8, 4) is 0 Å². The molecule has 172 valence electrons. The second-order valence-electron chi connectivity index (χ2n) is 8.49. The molecule has 4 N–H and O–H groups in total. The molecule has 0 spiro atoms. The number of hydrogen-bond donors (Lipinski definition) is 4. The number of ether oxygens (including phenoxy) is 2. The van der Waals surface area contributed by atoms with Gasteiger partial charge in [0.1, 0.15) is 29.8 Å². The Labute approximate surface area is 186 Å². The second-order valence-corrected chi connectivity index (χ2v) is 10.1. The highest BCUT2D eigenvalue weighted by Gasteiger charge is 2.49. The molecule has 8 nitrogen and oxygen atoms in total. The Balaban J connectivity index is 1.71. The van der Waals surface area contributed by atoms with Crippen LogP contribution in [0.5, 0.6) is 0 Å². The van der Waals surface area contributed by atoms with Gasteiger partial charge in [0.25, 0.3) is 0 Å². The van der Waals surface area contributed by atoms with E-state index in [0.29, 0.717) is 19.1 Å². The molecule has 2 unspecified atom stereocenters. The van der Waals surface area contributed by atoms with Crippen molar-refractivity contribution < 1.29 is 29.3 Å². The number of ketones is 1. The monoisotopic (exact) mass is 464 g/mol. The van der Waals surface area contributed by atoms with Gasteiger partial charge in [-0.3, -0.25) is 9.59 Å². The van der Waals surface area contributed by atoms with Crippen LogP contribution in [-0.4, -0.2) is 88.6 Å². The van der Waals surface area contributed by atoms with Gasteiger partial charge in [0.15, 0.2) is 5.78 Å². The molecular weight excluding hydrogens is 432 g/mol. The normalized spacial score (nSPS) is 41.6. The van der Waals surface area contributed by atoms with E-state index in [4.69, 9.17) is 21.1 Å². The number of carbonyl (C=O) groups is 2. The summed E-state index contributed by atoms with van der Waals surface area (Å²) < 4.78 is 11.8. The Kier molecular flexibility index (Phi) is 8.45. The minimum absolute atomic E-state index is 0.220. The summed E-state index contributed by atoms with van der Waals surface area (Å²) in [5, 5.41) is 25.7. The molecule has 0 aromatic heterocycles. The molecule has 3 heterocycles. The van der Waals surface area contributed by atoms with Crippen molar-refractivity contribution in [3.05, 3.63) is 0 Å². The van der Waals surface area contributed by atoms with Crippen LogP contribution in [0.3, 0.4) is 0 Å². The van der Waals surface area contributed by atoms with Crippen molar-refractivity contribution in [2.75, 3.05) is 19.4 Å². The van der Waals surface area contributed by atoms with Crippen LogP contribution in [0.15, 0.2) is 0 Å². The number of Topliss-reactive ketones (excluding diaryl/α,β-unsaturated/α-hetero) is 1. The number of aliphatic hydroxyl groups is 2. The van der Waals surface area contributed by atoms with Gasteiger partial charge >= 0.3 is 0 Å². The van der Waals surface area contributed by atoms with E-state index in [-0.39, 0.29) is 17.9 Å². The molecule has 0 aliphatic carbocycles. The van der Waals surface area contributed by atoms with Crippen LogP contribution in [0.4, 0.5) is 0 Å². The number of thioether (sulfide) groups is 1. The van der Waals surface area contributed by atoms with E-state index in [2.05, 4.69) is 17.6 Å². The third kappa shape index (κ3) is 4.98. The predicted octanol–water partition coefficient (Wildman–Crippen LogP) is 0.271. The summed E-state index contributed by atoms with van der Waals surface area (Å²) in [6, 6.07) is -1.38. The number of nitrogens with one attached hydrogen (secondary N) is 2. The Hall–Kier alpha value is -0.420. The molecule has 3 aliphatic rings. The van der Waals surface area contributed by atoms with Crippen LogP contribution < -0.4 is 10.6 Å². The molecule has 0 aromatic carbocycles. The van der Waals surface area contributed by atoms with E-state index in [1.165, 1.54) is 11.8 Å². The zero-order chi connectivity index (χ0) is 22.0. The summed E-state index contributed by atoms with van der Waals surface area (Å²) in [6.07, 6.45) is 0.560. The molecule has 3 rings (SSSR count). The van der Waals surface area contributed by atoms with E-state index in [1.807, 2.05) is 0 Å². The van der Waals surface area contributed by atoms with E-state index < -0.39 is 47.0 Å². The average molecular weight is 465 g/mol. The first-order valence-corrected chi connectivity index (χ1v) is 12.4. The molecule has 3 fully saturated rings. The lowest BCUT2D eigenvalue weighted by Gasteiger charge is -2.39. The molecular formula is C20H33ClN2O6S. The highest BCUT2D eigenvalue weighted by atomic mass is 35.5. The number of amides is 1. The first kappa shape index (κ1) is 24.2. The van der Waals surface area contributed by atoms with E-state index >= 15 is 0 Å². The van der Waals surface area contributed by atoms with Gasteiger partial charge in [-0.25, -0.2) is 0 Å². The molecule has 3 aliphatic heterocycles. The van der Waals surface area contributed by atoms with Gasteiger partial charge in [0.05, 0.1) is 17.5 Å². The van der Waals surface area contributed by atoms with Gasteiger partial charge in [0, 0.05) is 13.2 Å². The SMILES string of the molecule is CC[C@@H]1CCO[C@@H]2[C@H](CN[C@@H]2C(=O)N[C@H]([C@H](C)Cl)[C@H]2OC(SC)[C@H](O)C(O)C2=O)C1. The van der Waals surface area contributed by atoms with Gasteiger partial charge < -0.3 is 30.3 Å². The first-order valence-electron chi connectivity index (χ1n) is 10.7. The molecule has 0 aromatic rings. The van der Waals surface area contributed by atoms with Gasteiger partial charge in [-0.1, -0.05) is 13.3 Å². The molecule has 0 bridgehead atoms. The molecule has 10 atom stereocenters. The number of rotatable bonds is 6. The maximum absolute atomic E-state index is 13.1. The van der Waals surface area contributed by atoms with E-state index in [9.17, 15) is 19.8 Å². The van der Waals surface area contributed by atoms with Crippen molar-refractivity contribution in [2.45, 2.75) is 80.4 Å². The number of aliphatic hydroxyl groups excluding tert-OH is 2. The van der Waals surface area contributed by atoms with Crippen molar-refractivity contribution in [1.29, 1.82) is 0 Å². The van der Waals surface area contributed by atoms with Crippen LogP contribution >= 0.6 is 23.4 Å². The highest BCUT2D eigenvalue weighted by Crippen LogP contribution is 2.32. The molecule has 30 heavy (non-hydrogen) atoms. The maximum atomic E-state index is 13.1. The van der Waals surface area contributed by atoms with Gasteiger partial charge in [0.2, 0.25) is 5.91 Å². The Bertz CT molecular complexity index is 626. The third-order valence-electron chi connectivity index (χ3n) is 6.54. The van der Waals surface area contributed by atoms with Crippen molar-refractivity contribution in [1.82, 2.24) is 10.6 Å². The second kappa shape index (κ2) is 10.5. The Morgan fingerprint density at radius 1 is 1.43 bits per heavy atom. The fraction of sp³-hybridized carbons (Fsp3) is 0.900. The smallest absolute Gasteiger partial charge is 0.240 e. The lowest BCUT2D eigenvalue weighted by Crippen LogP contribution is -2.64. The summed E-state index contributed by atoms with van der Waals surface area (Å²) in [6.45, 7) is 5.18. The Morgan fingerprint density at radius 2 is 2.17 bits per heavy atom. The maximum Gasteiger partial charge on any atom is 0.240 e. The summed E-state index contributed by atoms with van der Waals surface area (Å²) in [4.78, 5) is 25.7. The lowest BCUT2D eigenvalue weighted by molar-refractivity contribution is -0.172. The van der Waals surface area contributed by atoms with Gasteiger partial charge in [-0.2, -0.15) is 0 Å². The lowest BCUT2D eigenvalue weighted by atomic mass is 9.88. The molecule has 1 amide bonds. The van der Waals surface area contributed by atoms with Crippen LogP contribution in [0.2, 0.25) is 0 Å². The molecule has 10 heteroatoms. The topological polar surface area (TPSA) is 117 Å². The Morgan fingerprint density at radius 3 is 2.80 bits per heavy atom. The summed E-state index contributed by atoms with van der Waals surface area (Å²) in [5.41, 5.74) is -0.789. The van der Waals surface area contributed by atoms with Gasteiger partial charge in [-0.05, 0) is 37.9 Å². The van der Waals surface area contributed by atoms with Gasteiger partial charge in [-0.15, -0.1) is 23.4 Å². The first-order chi connectivity index (χ1) is 14.3. The molecule has 0 saturated carbocycles. The summed E-state index contributed by atoms with van der Waals surface area (Å²) >= 11 is 7.50. The fourth-order valence-corrected chi connectivity index (χ4v) is 5.54. The predicted molar refractivity (Wildman–Crippen MR) is 114 cm³/mol. The number of halogens is 1. The summed E-state index contributed by atoms with van der Waals surface area (Å²) in [5.74, 6) is -0.110. The number of alkyl halides is 1. The minimum Gasteiger partial charge on any atom is -0.386 e. The van der Waals surface area contributed by atoms with Crippen LogP contribution in [0.1, 0.15) is 33.1 Å². The highest BCUT2D eigenvalue weighted by molar-refractivity contribution is 7.99. The quantitative estimate of drug-likeness (QED) is 0.414.